The summed E-state index contributed by atoms with van der Waals surface area (Å²) in [7, 11) is 0. The topological polar surface area (TPSA) is 86.7 Å². The Hall–Kier alpha value is -0.940. The zero-order chi connectivity index (χ0) is 17.1. The molecule has 0 bridgehead atoms. The maximum absolute atomic E-state index is 10.2. The second-order valence-corrected chi connectivity index (χ2v) is 7.55. The molecule has 0 aliphatic heterocycles. The van der Waals surface area contributed by atoms with E-state index in [1.165, 1.54) is 38.2 Å². The van der Waals surface area contributed by atoms with Crippen LogP contribution < -0.4 is 5.73 Å². The van der Waals surface area contributed by atoms with Crippen LogP contribution in [0.2, 0.25) is 0 Å². The van der Waals surface area contributed by atoms with Crippen LogP contribution in [0.15, 0.2) is 24.3 Å². The van der Waals surface area contributed by atoms with Crippen LogP contribution in [0.1, 0.15) is 63.0 Å². The third kappa shape index (κ3) is 4.32. The molecule has 130 valence electrons. The second kappa shape index (κ2) is 7.31. The van der Waals surface area contributed by atoms with Gasteiger partial charge in [-0.2, -0.15) is 0 Å². The number of nitrogens with two attached hydrogens (primary N) is 1. The lowest BCUT2D eigenvalue weighted by Gasteiger charge is -2.37. The van der Waals surface area contributed by atoms with E-state index in [2.05, 4.69) is 25.1 Å². The van der Waals surface area contributed by atoms with E-state index in [1.807, 2.05) is 6.07 Å². The Bertz CT molecular complexity index is 505. The van der Waals surface area contributed by atoms with E-state index < -0.39 is 17.9 Å². The average Bonchev–Trinajstić information content (AvgIpc) is 2.54. The summed E-state index contributed by atoms with van der Waals surface area (Å²) in [6, 6.07) is 8.29. The zero-order valence-electron chi connectivity index (χ0n) is 14.3. The predicted molar refractivity (Wildman–Crippen MR) is 92.0 cm³/mol. The second-order valence-electron chi connectivity index (χ2n) is 7.55. The zero-order valence-corrected chi connectivity index (χ0v) is 14.3. The molecule has 0 saturated heterocycles. The number of hydrogen-bond donors (Lipinski definition) is 4. The van der Waals surface area contributed by atoms with Crippen molar-refractivity contribution in [2.75, 3.05) is 6.61 Å². The fraction of sp³-hybridized carbons (Fsp3) is 0.684. The van der Waals surface area contributed by atoms with Crippen LogP contribution in [-0.2, 0) is 6.42 Å². The van der Waals surface area contributed by atoms with Crippen LogP contribution >= 0.6 is 0 Å². The molecule has 1 unspecified atom stereocenters. The van der Waals surface area contributed by atoms with E-state index >= 15 is 0 Å². The summed E-state index contributed by atoms with van der Waals surface area (Å²) in [6.07, 6.45) is 5.57. The fourth-order valence-electron chi connectivity index (χ4n) is 3.45. The Morgan fingerprint density at radius 3 is 2.35 bits per heavy atom. The van der Waals surface area contributed by atoms with Gasteiger partial charge in [0.2, 0.25) is 0 Å². The Labute approximate surface area is 139 Å². The first-order chi connectivity index (χ1) is 10.8. The number of hydrogen-bond acceptors (Lipinski definition) is 4. The molecular formula is C19H31NO3. The van der Waals surface area contributed by atoms with Crippen molar-refractivity contribution in [2.24, 2.45) is 11.7 Å². The smallest absolute Gasteiger partial charge is 0.183 e. The van der Waals surface area contributed by atoms with Crippen molar-refractivity contribution in [3.8, 4) is 0 Å². The van der Waals surface area contributed by atoms with Crippen LogP contribution in [0, 0.1) is 5.92 Å². The molecule has 2 rings (SSSR count). The molecule has 0 aromatic heterocycles. The monoisotopic (exact) mass is 321 g/mol. The average molecular weight is 321 g/mol. The molecule has 4 heteroatoms. The highest BCUT2D eigenvalue weighted by Gasteiger charge is 2.41. The number of rotatable bonds is 6. The number of aliphatic hydroxyl groups excluding tert-OH is 1. The maximum atomic E-state index is 10.2. The lowest BCUT2D eigenvalue weighted by molar-refractivity contribution is -0.216. The van der Waals surface area contributed by atoms with Gasteiger partial charge in [-0.05, 0) is 49.1 Å². The van der Waals surface area contributed by atoms with Gasteiger partial charge in [0.25, 0.3) is 0 Å². The predicted octanol–water partition coefficient (Wildman–Crippen LogP) is 2.30. The molecule has 0 amide bonds. The van der Waals surface area contributed by atoms with Gasteiger partial charge in [-0.15, -0.1) is 0 Å². The number of aryl methyl sites for hydroxylation is 1. The van der Waals surface area contributed by atoms with Crippen LogP contribution in [0.4, 0.5) is 0 Å². The molecule has 23 heavy (non-hydrogen) atoms. The van der Waals surface area contributed by atoms with Gasteiger partial charge in [0.15, 0.2) is 5.79 Å². The molecular weight excluding hydrogens is 290 g/mol. The maximum Gasteiger partial charge on any atom is 0.183 e. The summed E-state index contributed by atoms with van der Waals surface area (Å²) in [5.41, 5.74) is 6.87. The van der Waals surface area contributed by atoms with E-state index in [-0.39, 0.29) is 6.42 Å². The first-order valence-corrected chi connectivity index (χ1v) is 8.69. The standard InChI is InChI=1S/C19H31NO3/c1-14-7-9-16(10-8-14)17-6-4-3-5-15(17)11-12-19(22,23)18(2,20)13-21/h3-6,14,16,21-23H,7-13,20H2,1-2H3. The molecule has 1 aromatic rings. The SMILES string of the molecule is CC1CCC(c2ccccc2CCC(O)(O)C(C)(N)CO)CC1. The van der Waals surface area contributed by atoms with Crippen molar-refractivity contribution in [3.63, 3.8) is 0 Å². The Morgan fingerprint density at radius 1 is 1.13 bits per heavy atom. The van der Waals surface area contributed by atoms with Gasteiger partial charge in [0.05, 0.1) is 12.1 Å². The largest absolute Gasteiger partial charge is 0.394 e. The lowest BCUT2D eigenvalue weighted by atomic mass is 9.77. The van der Waals surface area contributed by atoms with Gasteiger partial charge in [0.1, 0.15) is 0 Å². The molecule has 5 N–H and O–H groups in total. The Kier molecular flexibility index (Phi) is 5.84. The van der Waals surface area contributed by atoms with Gasteiger partial charge >= 0.3 is 0 Å². The molecule has 1 aliphatic rings. The van der Waals surface area contributed by atoms with Gasteiger partial charge < -0.3 is 21.1 Å². The van der Waals surface area contributed by atoms with Crippen molar-refractivity contribution in [1.29, 1.82) is 0 Å². The van der Waals surface area contributed by atoms with Crippen LogP contribution in [0.3, 0.4) is 0 Å². The molecule has 4 nitrogen and oxygen atoms in total. The Balaban J connectivity index is 2.09. The van der Waals surface area contributed by atoms with Gasteiger partial charge in [-0.1, -0.05) is 44.0 Å². The summed E-state index contributed by atoms with van der Waals surface area (Å²) in [5.74, 6) is -0.713. The van der Waals surface area contributed by atoms with Crippen LogP contribution in [-0.4, -0.2) is 33.3 Å². The van der Waals surface area contributed by atoms with Gasteiger partial charge in [-0.3, -0.25) is 0 Å². The molecule has 1 saturated carbocycles. The third-order valence-electron chi connectivity index (χ3n) is 5.50. The molecule has 0 spiro atoms. The molecule has 1 atom stereocenters. The van der Waals surface area contributed by atoms with Gasteiger partial charge in [-0.25, -0.2) is 0 Å². The quantitative estimate of drug-likeness (QED) is 0.606. The van der Waals surface area contributed by atoms with Crippen LogP contribution in [0.5, 0.6) is 0 Å². The number of aliphatic hydroxyl groups is 3. The van der Waals surface area contributed by atoms with Crippen molar-refractivity contribution >= 4 is 0 Å². The minimum Gasteiger partial charge on any atom is -0.394 e. The summed E-state index contributed by atoms with van der Waals surface area (Å²) in [6.45, 7) is 3.30. The summed E-state index contributed by atoms with van der Waals surface area (Å²) >= 11 is 0. The Morgan fingerprint density at radius 2 is 1.74 bits per heavy atom. The molecule has 0 radical (unpaired) electrons. The minimum absolute atomic E-state index is 0.112. The highest BCUT2D eigenvalue weighted by Crippen LogP contribution is 2.37. The van der Waals surface area contributed by atoms with Gasteiger partial charge in [0, 0.05) is 6.42 Å². The van der Waals surface area contributed by atoms with Crippen molar-refractivity contribution in [1.82, 2.24) is 0 Å². The lowest BCUT2D eigenvalue weighted by Crippen LogP contribution is -2.61. The summed E-state index contributed by atoms with van der Waals surface area (Å²) in [4.78, 5) is 0. The van der Waals surface area contributed by atoms with Crippen molar-refractivity contribution in [2.45, 2.75) is 69.6 Å². The first-order valence-electron chi connectivity index (χ1n) is 8.69. The highest BCUT2D eigenvalue weighted by molar-refractivity contribution is 5.31. The third-order valence-corrected chi connectivity index (χ3v) is 5.50. The first kappa shape index (κ1) is 18.4. The van der Waals surface area contributed by atoms with E-state index in [9.17, 15) is 15.3 Å². The molecule has 1 fully saturated rings. The minimum atomic E-state index is -2.09. The summed E-state index contributed by atoms with van der Waals surface area (Å²) in [5, 5.41) is 29.7. The highest BCUT2D eigenvalue weighted by atomic mass is 16.5. The molecule has 1 aromatic carbocycles. The van der Waals surface area contributed by atoms with Crippen LogP contribution in [0.25, 0.3) is 0 Å². The number of benzene rings is 1. The van der Waals surface area contributed by atoms with E-state index in [1.54, 1.807) is 0 Å². The van der Waals surface area contributed by atoms with E-state index in [0.717, 1.165) is 11.5 Å². The normalized spacial score (nSPS) is 25.1. The van der Waals surface area contributed by atoms with E-state index in [0.29, 0.717) is 12.3 Å². The fourth-order valence-corrected chi connectivity index (χ4v) is 3.45. The van der Waals surface area contributed by atoms with Crippen molar-refractivity contribution in [3.05, 3.63) is 35.4 Å². The van der Waals surface area contributed by atoms with Crippen molar-refractivity contribution < 1.29 is 15.3 Å². The van der Waals surface area contributed by atoms with E-state index in [4.69, 9.17) is 5.73 Å². The molecule has 1 aliphatic carbocycles. The molecule has 0 heterocycles. The summed E-state index contributed by atoms with van der Waals surface area (Å²) < 4.78 is 0.